The van der Waals surface area contributed by atoms with Crippen LogP contribution < -0.4 is 0 Å². The summed E-state index contributed by atoms with van der Waals surface area (Å²) < 4.78 is 0. The van der Waals surface area contributed by atoms with Crippen LogP contribution in [-0.4, -0.2) is 26.8 Å². The molecule has 0 aliphatic rings. The molecule has 0 unspecified atom stereocenters. The molecule has 142 valence electrons. The Hall–Kier alpha value is -2.43. The number of fused-ring (bicyclic) bond motifs is 1. The van der Waals surface area contributed by atoms with Crippen molar-refractivity contribution in [1.82, 2.24) is 4.98 Å². The molecule has 0 amide bonds. The molecule has 0 saturated heterocycles. The summed E-state index contributed by atoms with van der Waals surface area (Å²) in [5.41, 5.74) is 3.97. The Morgan fingerprint density at radius 1 is 1.15 bits per heavy atom. The van der Waals surface area contributed by atoms with Gasteiger partial charge in [-0.1, -0.05) is 29.8 Å². The summed E-state index contributed by atoms with van der Waals surface area (Å²) >= 11 is 5.97. The molecule has 1 aromatic heterocycles. The van der Waals surface area contributed by atoms with E-state index in [1.165, 1.54) is 0 Å². The first-order valence-electron chi connectivity index (χ1n) is 8.63. The number of pyridine rings is 1. The first-order chi connectivity index (χ1) is 12.6. The first kappa shape index (κ1) is 20.9. The topological polar surface area (TPSA) is 70.4 Å². The lowest BCUT2D eigenvalue weighted by molar-refractivity contribution is -0.136. The highest BCUT2D eigenvalue weighted by Gasteiger charge is 2.16. The van der Waals surface area contributed by atoms with Crippen LogP contribution in [0.3, 0.4) is 0 Å². The van der Waals surface area contributed by atoms with Crippen LogP contribution in [0.25, 0.3) is 22.0 Å². The number of carboxylic acids is 1. The van der Waals surface area contributed by atoms with E-state index < -0.39 is 11.6 Å². The number of rotatable bonds is 3. The number of carboxylic acid groups (broad SMARTS) is 1. The zero-order valence-corrected chi connectivity index (χ0v) is 16.7. The quantitative estimate of drug-likeness (QED) is 0.644. The Morgan fingerprint density at radius 2 is 1.74 bits per heavy atom. The fourth-order valence-corrected chi connectivity index (χ4v) is 2.85. The lowest BCUT2D eigenvalue weighted by atomic mass is 9.90. The van der Waals surface area contributed by atoms with Gasteiger partial charge in [0.2, 0.25) is 0 Å². The zero-order valence-electron chi connectivity index (χ0n) is 16.0. The molecule has 3 rings (SSSR count). The van der Waals surface area contributed by atoms with E-state index in [-0.39, 0.29) is 6.42 Å². The minimum Gasteiger partial charge on any atom is -0.481 e. The molecule has 2 N–H and O–H groups in total. The molecule has 2 aromatic carbocycles. The number of aryl methyl sites for hydroxylation is 1. The highest BCUT2D eigenvalue weighted by atomic mass is 35.5. The SMILES string of the molecule is CC(C)(C)O.Cc1cc2ncccc2c(-c2ccc(Cl)cc2)c1CC(=O)O. The van der Waals surface area contributed by atoms with Gasteiger partial charge in [0.15, 0.2) is 0 Å². The fourth-order valence-electron chi connectivity index (χ4n) is 2.72. The molecule has 0 spiro atoms. The van der Waals surface area contributed by atoms with E-state index in [1.54, 1.807) is 27.0 Å². The normalized spacial score (nSPS) is 11.0. The number of carbonyl (C=O) groups is 1. The predicted octanol–water partition coefficient (Wildman–Crippen LogP) is 5.27. The highest BCUT2D eigenvalue weighted by Crippen LogP contribution is 2.34. The van der Waals surface area contributed by atoms with Crippen LogP contribution in [0.5, 0.6) is 0 Å². The molecule has 0 atom stereocenters. The molecule has 0 fully saturated rings. The summed E-state index contributed by atoms with van der Waals surface area (Å²) in [6.45, 7) is 7.15. The van der Waals surface area contributed by atoms with Gasteiger partial charge in [0.05, 0.1) is 17.5 Å². The number of hydrogen-bond acceptors (Lipinski definition) is 3. The third-order valence-corrected chi connectivity index (χ3v) is 3.95. The molecule has 0 radical (unpaired) electrons. The van der Waals surface area contributed by atoms with Gasteiger partial charge < -0.3 is 10.2 Å². The lowest BCUT2D eigenvalue weighted by Gasteiger charge is -2.15. The Balaban J connectivity index is 0.000000465. The van der Waals surface area contributed by atoms with E-state index in [1.807, 2.05) is 49.4 Å². The van der Waals surface area contributed by atoms with Gasteiger partial charge >= 0.3 is 5.97 Å². The molecule has 0 aliphatic heterocycles. The van der Waals surface area contributed by atoms with E-state index >= 15 is 0 Å². The fraction of sp³-hybridized carbons (Fsp3) is 0.273. The Morgan fingerprint density at radius 3 is 2.30 bits per heavy atom. The summed E-state index contributed by atoms with van der Waals surface area (Å²) in [5.74, 6) is -0.846. The van der Waals surface area contributed by atoms with Crippen LogP contribution in [-0.2, 0) is 11.2 Å². The van der Waals surface area contributed by atoms with Crippen molar-refractivity contribution in [2.75, 3.05) is 0 Å². The van der Waals surface area contributed by atoms with Crippen molar-refractivity contribution in [2.45, 2.75) is 39.7 Å². The monoisotopic (exact) mass is 385 g/mol. The van der Waals surface area contributed by atoms with E-state index in [2.05, 4.69) is 4.98 Å². The molecule has 0 aliphatic carbocycles. The summed E-state index contributed by atoms with van der Waals surface area (Å²) in [6.07, 6.45) is 1.72. The maximum Gasteiger partial charge on any atom is 0.307 e. The van der Waals surface area contributed by atoms with Crippen molar-refractivity contribution in [3.05, 3.63) is 64.8 Å². The minimum atomic E-state index is -0.846. The highest BCUT2D eigenvalue weighted by molar-refractivity contribution is 6.30. The maximum absolute atomic E-state index is 11.3. The minimum absolute atomic E-state index is 0.0192. The molecule has 27 heavy (non-hydrogen) atoms. The molecule has 5 heteroatoms. The summed E-state index contributed by atoms with van der Waals surface area (Å²) in [5, 5.41) is 19.4. The van der Waals surface area contributed by atoms with Crippen molar-refractivity contribution in [3.8, 4) is 11.1 Å². The zero-order chi connectivity index (χ0) is 20.2. The van der Waals surface area contributed by atoms with E-state index in [0.717, 1.165) is 33.2 Å². The maximum atomic E-state index is 11.3. The van der Waals surface area contributed by atoms with Crippen LogP contribution in [0, 0.1) is 6.92 Å². The molecular weight excluding hydrogens is 362 g/mol. The lowest BCUT2D eigenvalue weighted by Crippen LogP contribution is -2.10. The average molecular weight is 386 g/mol. The number of aliphatic carboxylic acids is 1. The molecule has 1 heterocycles. The van der Waals surface area contributed by atoms with Crippen molar-refractivity contribution < 1.29 is 15.0 Å². The third-order valence-electron chi connectivity index (χ3n) is 3.70. The second-order valence-corrected chi connectivity index (χ2v) is 7.80. The van der Waals surface area contributed by atoms with E-state index in [9.17, 15) is 9.90 Å². The van der Waals surface area contributed by atoms with Crippen LogP contribution in [0.1, 0.15) is 31.9 Å². The van der Waals surface area contributed by atoms with Crippen molar-refractivity contribution in [2.24, 2.45) is 0 Å². The largest absolute Gasteiger partial charge is 0.481 e. The van der Waals surface area contributed by atoms with Gasteiger partial charge in [-0.25, -0.2) is 0 Å². The van der Waals surface area contributed by atoms with Crippen LogP contribution in [0.15, 0.2) is 48.7 Å². The molecule has 4 nitrogen and oxygen atoms in total. The van der Waals surface area contributed by atoms with Gasteiger partial charge in [-0.15, -0.1) is 0 Å². The Kier molecular flexibility index (Phi) is 6.58. The van der Waals surface area contributed by atoms with Crippen molar-refractivity contribution in [1.29, 1.82) is 0 Å². The van der Waals surface area contributed by atoms with Crippen molar-refractivity contribution in [3.63, 3.8) is 0 Å². The number of hydrogen-bond donors (Lipinski definition) is 2. The second-order valence-electron chi connectivity index (χ2n) is 7.37. The number of aliphatic hydroxyl groups is 1. The standard InChI is InChI=1S/C18H14ClNO2.C4H10O/c1-11-9-16-14(3-2-8-20-16)18(15(11)10-17(21)22)12-4-6-13(19)7-5-12;1-4(2,3)5/h2-9H,10H2,1H3,(H,21,22);5H,1-3H3. The summed E-state index contributed by atoms with van der Waals surface area (Å²) in [4.78, 5) is 15.7. The molecule has 3 aromatic rings. The summed E-state index contributed by atoms with van der Waals surface area (Å²) in [7, 11) is 0. The molecule has 0 bridgehead atoms. The smallest absolute Gasteiger partial charge is 0.307 e. The predicted molar refractivity (Wildman–Crippen MR) is 110 cm³/mol. The number of halogens is 1. The third kappa shape index (κ3) is 6.05. The van der Waals surface area contributed by atoms with Gasteiger partial charge in [-0.05, 0) is 74.2 Å². The van der Waals surface area contributed by atoms with Gasteiger partial charge in [0, 0.05) is 16.6 Å². The van der Waals surface area contributed by atoms with Crippen LogP contribution in [0.4, 0.5) is 0 Å². The number of benzene rings is 2. The van der Waals surface area contributed by atoms with Crippen LogP contribution in [0.2, 0.25) is 5.02 Å². The number of aromatic nitrogens is 1. The van der Waals surface area contributed by atoms with Crippen LogP contribution >= 0.6 is 11.6 Å². The van der Waals surface area contributed by atoms with Gasteiger partial charge in [-0.3, -0.25) is 9.78 Å². The van der Waals surface area contributed by atoms with E-state index in [4.69, 9.17) is 16.7 Å². The van der Waals surface area contributed by atoms with Gasteiger partial charge in [0.1, 0.15) is 0 Å². The average Bonchev–Trinajstić information content (AvgIpc) is 2.55. The Bertz CT molecular complexity index is 938. The number of nitrogens with zero attached hydrogens (tertiary/aromatic N) is 1. The second kappa shape index (κ2) is 8.51. The first-order valence-corrected chi connectivity index (χ1v) is 9.01. The van der Waals surface area contributed by atoms with Crippen molar-refractivity contribution >= 4 is 28.5 Å². The van der Waals surface area contributed by atoms with Gasteiger partial charge in [0.25, 0.3) is 0 Å². The van der Waals surface area contributed by atoms with E-state index in [0.29, 0.717) is 5.02 Å². The van der Waals surface area contributed by atoms with Gasteiger partial charge in [-0.2, -0.15) is 0 Å². The molecule has 0 saturated carbocycles. The summed E-state index contributed by atoms with van der Waals surface area (Å²) in [6, 6.07) is 13.2. The Labute approximate surface area is 164 Å². The molecular formula is C22H24ClNO3.